The first-order valence-electron chi connectivity index (χ1n) is 16.8. The van der Waals surface area contributed by atoms with Gasteiger partial charge >= 0.3 is 0 Å². The molecule has 0 spiro atoms. The molecule has 220 valence electrons. The van der Waals surface area contributed by atoms with Gasteiger partial charge < -0.3 is 0 Å². The van der Waals surface area contributed by atoms with Gasteiger partial charge in [0.15, 0.2) is 0 Å². The lowest BCUT2D eigenvalue weighted by Crippen LogP contribution is -2.43. The molecule has 0 bridgehead atoms. The Morgan fingerprint density at radius 2 is 0.907 bits per heavy atom. The summed E-state index contributed by atoms with van der Waals surface area (Å²) < 4.78 is 0. The fraction of sp³-hybridized carbons (Fsp3) is 0.333. The van der Waals surface area contributed by atoms with E-state index in [4.69, 9.17) is 0 Å². The molecule has 4 aromatic rings. The highest BCUT2D eigenvalue weighted by Crippen LogP contribution is 2.55. The fourth-order valence-electron chi connectivity index (χ4n) is 8.21. The van der Waals surface area contributed by atoms with Crippen molar-refractivity contribution >= 4 is 20.2 Å². The normalized spacial score (nSPS) is 17.4. The van der Waals surface area contributed by atoms with E-state index < -0.39 is 8.07 Å². The molecule has 2 atom stereocenters. The molecule has 2 aliphatic rings. The highest BCUT2D eigenvalue weighted by molar-refractivity contribution is 6.81. The Morgan fingerprint density at radius 1 is 0.512 bits per heavy atom. The van der Waals surface area contributed by atoms with Gasteiger partial charge in [0.1, 0.15) is 0 Å². The van der Waals surface area contributed by atoms with Crippen molar-refractivity contribution in [1.82, 2.24) is 0 Å². The van der Waals surface area contributed by atoms with Gasteiger partial charge in [-0.2, -0.15) is 0 Å². The highest BCUT2D eigenvalue weighted by atomic mass is 28.3. The quantitative estimate of drug-likeness (QED) is 0.164. The Hall–Kier alpha value is -3.42. The van der Waals surface area contributed by atoms with Gasteiger partial charge in [-0.15, -0.1) is 0 Å². The Balaban J connectivity index is 1.46. The van der Waals surface area contributed by atoms with Crippen LogP contribution in [0.5, 0.6) is 0 Å². The molecule has 0 amide bonds. The number of hydrogen-bond acceptors (Lipinski definition) is 0. The Morgan fingerprint density at radius 3 is 1.26 bits per heavy atom. The maximum atomic E-state index is 2.70. The minimum absolute atomic E-state index is 0.529. The molecule has 0 aromatic heterocycles. The molecule has 43 heavy (non-hydrogen) atoms. The fourth-order valence-corrected chi connectivity index (χ4v) is 13.0. The van der Waals surface area contributed by atoms with Crippen LogP contribution >= 0.6 is 0 Å². The summed E-state index contributed by atoms with van der Waals surface area (Å²) in [7, 11) is -1.95. The van der Waals surface area contributed by atoms with E-state index in [0.29, 0.717) is 11.1 Å². The van der Waals surface area contributed by atoms with E-state index in [0.717, 1.165) is 12.8 Å². The first kappa shape index (κ1) is 29.6. The van der Waals surface area contributed by atoms with Gasteiger partial charge in [0.25, 0.3) is 0 Å². The summed E-state index contributed by atoms with van der Waals surface area (Å²) in [6.45, 7) is 14.6. The maximum absolute atomic E-state index is 2.70. The third kappa shape index (κ3) is 5.31. The van der Waals surface area contributed by atoms with Gasteiger partial charge in [-0.25, -0.2) is 0 Å². The molecule has 4 aromatic carbocycles. The van der Waals surface area contributed by atoms with Crippen LogP contribution in [-0.2, 0) is 12.8 Å². The van der Waals surface area contributed by atoms with Crippen molar-refractivity contribution in [3.63, 3.8) is 0 Å². The smallest absolute Gasteiger partial charge is 0.0679 e. The number of fused-ring (bicyclic) bond motifs is 2. The predicted octanol–water partition coefficient (Wildman–Crippen LogP) is 12.2. The van der Waals surface area contributed by atoms with Gasteiger partial charge in [0.2, 0.25) is 0 Å². The molecular weight excluding hydrogens is 533 g/mol. The second-order valence-corrected chi connectivity index (χ2v) is 18.1. The molecule has 0 nitrogen and oxygen atoms in total. The lowest BCUT2D eigenvalue weighted by atomic mass is 9.96. The second kappa shape index (κ2) is 12.3. The average Bonchev–Trinajstić information content (AvgIpc) is 3.60. The lowest BCUT2D eigenvalue weighted by Gasteiger charge is -2.40. The van der Waals surface area contributed by atoms with Crippen molar-refractivity contribution in [1.29, 1.82) is 0 Å². The van der Waals surface area contributed by atoms with Crippen LogP contribution in [0.15, 0.2) is 96.1 Å². The van der Waals surface area contributed by atoms with Crippen LogP contribution in [0.1, 0.15) is 97.8 Å². The number of benzene rings is 4. The molecule has 2 unspecified atom stereocenters. The first-order valence-corrected chi connectivity index (χ1v) is 19.9. The zero-order valence-electron chi connectivity index (χ0n) is 27.1. The summed E-state index contributed by atoms with van der Waals surface area (Å²) in [5.41, 5.74) is 18.8. The van der Waals surface area contributed by atoms with E-state index >= 15 is 0 Å². The van der Waals surface area contributed by atoms with E-state index in [9.17, 15) is 0 Å². The van der Waals surface area contributed by atoms with Gasteiger partial charge in [-0.05, 0) is 81.3 Å². The van der Waals surface area contributed by atoms with E-state index in [1.165, 1.54) is 70.2 Å². The second-order valence-electron chi connectivity index (χ2n) is 13.3. The molecular formula is C42H48Si. The van der Waals surface area contributed by atoms with Crippen LogP contribution in [-0.4, -0.2) is 8.07 Å². The molecule has 0 saturated carbocycles. The molecule has 0 N–H and O–H groups in total. The monoisotopic (exact) mass is 580 g/mol. The Bertz CT molecular complexity index is 1540. The zero-order valence-corrected chi connectivity index (χ0v) is 28.1. The Labute approximate surface area is 261 Å². The van der Waals surface area contributed by atoms with Crippen LogP contribution in [0.3, 0.4) is 0 Å². The highest BCUT2D eigenvalue weighted by Gasteiger charge is 2.48. The molecule has 0 saturated heterocycles. The van der Waals surface area contributed by atoms with Crippen molar-refractivity contribution in [2.24, 2.45) is 0 Å². The molecule has 0 heterocycles. The standard InChI is InChI=1S/C42H48Si/c1-7-13-33-27-39-35(31-23-19-29(9-3)20-24-31)15-11-17-37(39)41(33)43(5,6)42-34(14-8-2)28-40-36(16-12-18-38(40)42)32-25-21-30(10-4)22-26-32/h11-12,15-28,41-42H,7-10,13-14H2,1-6H3. The first-order chi connectivity index (χ1) is 20.9. The third-order valence-electron chi connectivity index (χ3n) is 10.2. The van der Waals surface area contributed by atoms with E-state index in [2.05, 4.69) is 138 Å². The van der Waals surface area contributed by atoms with Crippen LogP contribution in [0.4, 0.5) is 0 Å². The summed E-state index contributed by atoms with van der Waals surface area (Å²) in [4.78, 5) is 0. The molecule has 0 fully saturated rings. The van der Waals surface area contributed by atoms with Crippen LogP contribution < -0.4 is 0 Å². The minimum Gasteiger partial charge on any atom is -0.0679 e. The molecule has 0 aliphatic heterocycles. The number of aryl methyl sites for hydroxylation is 2. The van der Waals surface area contributed by atoms with Crippen molar-refractivity contribution in [3.05, 3.63) is 129 Å². The maximum Gasteiger partial charge on any atom is 0.0722 e. The number of hydrogen-bond donors (Lipinski definition) is 0. The van der Waals surface area contributed by atoms with Crippen molar-refractivity contribution in [2.75, 3.05) is 0 Å². The predicted molar refractivity (Wildman–Crippen MR) is 191 cm³/mol. The van der Waals surface area contributed by atoms with E-state index in [-0.39, 0.29) is 0 Å². The zero-order chi connectivity index (χ0) is 30.1. The topological polar surface area (TPSA) is 0 Å². The third-order valence-corrected chi connectivity index (χ3v) is 14.6. The summed E-state index contributed by atoms with van der Waals surface area (Å²) in [6, 6.07) is 32.8. The number of rotatable bonds is 10. The summed E-state index contributed by atoms with van der Waals surface area (Å²) in [6.07, 6.45) is 12.1. The van der Waals surface area contributed by atoms with Crippen molar-refractivity contribution in [2.45, 2.75) is 90.4 Å². The SMILES string of the molecule is CCCC1=Cc2c(-c3ccc(CC)cc3)cccc2C1[Si](C)(C)C1C(CCC)=Cc2c(-c3ccc(CC)cc3)cccc21. The molecule has 2 aliphatic carbocycles. The Kier molecular flexibility index (Phi) is 8.47. The largest absolute Gasteiger partial charge is 0.0722 e. The molecule has 1 heteroatoms. The van der Waals surface area contributed by atoms with E-state index in [1.54, 1.807) is 22.3 Å². The van der Waals surface area contributed by atoms with Crippen molar-refractivity contribution < 1.29 is 0 Å². The summed E-state index contributed by atoms with van der Waals surface area (Å²) >= 11 is 0. The molecule has 6 rings (SSSR count). The van der Waals surface area contributed by atoms with Gasteiger partial charge in [0.05, 0.1) is 8.07 Å². The average molecular weight is 581 g/mol. The van der Waals surface area contributed by atoms with Gasteiger partial charge in [0, 0.05) is 11.1 Å². The van der Waals surface area contributed by atoms with Crippen molar-refractivity contribution in [3.8, 4) is 22.3 Å². The van der Waals surface area contributed by atoms with Crippen LogP contribution in [0, 0.1) is 0 Å². The summed E-state index contributed by atoms with van der Waals surface area (Å²) in [5, 5.41) is 0. The minimum atomic E-state index is -1.95. The molecule has 0 radical (unpaired) electrons. The van der Waals surface area contributed by atoms with E-state index in [1.807, 2.05) is 0 Å². The van der Waals surface area contributed by atoms with Gasteiger partial charge in [-0.3, -0.25) is 0 Å². The van der Waals surface area contributed by atoms with Crippen LogP contribution in [0.2, 0.25) is 13.1 Å². The summed E-state index contributed by atoms with van der Waals surface area (Å²) in [5.74, 6) is 0. The lowest BCUT2D eigenvalue weighted by molar-refractivity contribution is 0.822. The van der Waals surface area contributed by atoms with Gasteiger partial charge in [-0.1, -0.05) is 162 Å². The number of allylic oxidation sites excluding steroid dienone is 2. The van der Waals surface area contributed by atoms with Crippen LogP contribution in [0.25, 0.3) is 34.4 Å².